The lowest BCUT2D eigenvalue weighted by Gasteiger charge is -2.40. The largest absolute Gasteiger partial charge is 0.478 e. The first-order valence-electron chi connectivity index (χ1n) is 12.0. The van der Waals surface area contributed by atoms with Crippen LogP contribution in [0.5, 0.6) is 11.5 Å². The molecule has 10 atom stereocenters. The number of aromatic carboxylic acids is 1. The summed E-state index contributed by atoms with van der Waals surface area (Å²) >= 11 is 0. The van der Waals surface area contributed by atoms with Crippen LogP contribution in [0.15, 0.2) is 24.8 Å². The number of carboxylic acid groups (broad SMARTS) is 1. The molecule has 1 aromatic carbocycles. The molecule has 2 aliphatic heterocycles. The van der Waals surface area contributed by atoms with Crippen molar-refractivity contribution in [1.29, 1.82) is 0 Å². The number of aryl methyl sites for hydroxylation is 1. The first-order valence-corrected chi connectivity index (χ1v) is 12.0. The molecular formula is C24H34O14. The molecular weight excluding hydrogens is 512 g/mol. The number of carboxylic acids is 1. The number of benzene rings is 1. The Bertz CT molecular complexity index is 956. The number of unbranched alkanes of at least 4 members (excludes halogenated alkanes) is 1. The fourth-order valence-corrected chi connectivity index (χ4v) is 4.36. The number of aliphatic hydroxyl groups is 8. The van der Waals surface area contributed by atoms with Gasteiger partial charge in [0.15, 0.2) is 12.6 Å². The molecule has 0 aliphatic carbocycles. The first kappa shape index (κ1) is 30.2. The molecule has 0 bridgehead atoms. The zero-order chi connectivity index (χ0) is 28.1. The zero-order valence-corrected chi connectivity index (χ0v) is 20.3. The topological polar surface area (TPSA) is 236 Å². The molecule has 0 aromatic heterocycles. The third-order valence-corrected chi connectivity index (χ3v) is 6.55. The highest BCUT2D eigenvalue weighted by molar-refractivity contribution is 5.93. The SMILES string of the molecule is C=CCCCc1cc(OC2O[C@H](O)[C@@H](O)[C@H](O)[C@H]2CO)cc(OC2O[C@H](O)[C@@H](O)[C@H](O)[C@H]2CO)c1C(=O)O. The lowest BCUT2D eigenvalue weighted by molar-refractivity contribution is -0.313. The van der Waals surface area contributed by atoms with Crippen molar-refractivity contribution in [3.63, 3.8) is 0 Å². The number of ether oxygens (including phenoxy) is 4. The average molecular weight is 547 g/mol. The molecule has 2 aliphatic rings. The number of rotatable bonds is 11. The van der Waals surface area contributed by atoms with Crippen LogP contribution in [0.4, 0.5) is 0 Å². The van der Waals surface area contributed by atoms with Crippen LogP contribution in [0.1, 0.15) is 28.8 Å². The van der Waals surface area contributed by atoms with E-state index in [1.54, 1.807) is 6.08 Å². The van der Waals surface area contributed by atoms with E-state index >= 15 is 0 Å². The number of carbonyl (C=O) groups is 1. The van der Waals surface area contributed by atoms with Gasteiger partial charge < -0.3 is 64.9 Å². The fraction of sp³-hybridized carbons (Fsp3) is 0.625. The molecule has 2 saturated heterocycles. The zero-order valence-electron chi connectivity index (χ0n) is 20.3. The quantitative estimate of drug-likeness (QED) is 0.104. The van der Waals surface area contributed by atoms with Crippen LogP contribution in [-0.4, -0.2) is 115 Å². The van der Waals surface area contributed by atoms with Crippen molar-refractivity contribution >= 4 is 5.97 Å². The Morgan fingerprint density at radius 1 is 0.868 bits per heavy atom. The second kappa shape index (κ2) is 13.1. The summed E-state index contributed by atoms with van der Waals surface area (Å²) in [7, 11) is 0. The smallest absolute Gasteiger partial charge is 0.339 e. The summed E-state index contributed by atoms with van der Waals surface area (Å²) in [5, 5.41) is 89.4. The van der Waals surface area contributed by atoms with Crippen LogP contribution in [0.25, 0.3) is 0 Å². The summed E-state index contributed by atoms with van der Waals surface area (Å²) < 4.78 is 21.8. The lowest BCUT2D eigenvalue weighted by atomic mass is 9.94. The predicted octanol–water partition coefficient (Wildman–Crippen LogP) is -2.34. The van der Waals surface area contributed by atoms with Gasteiger partial charge in [0.05, 0.1) is 37.3 Å². The van der Waals surface area contributed by atoms with Gasteiger partial charge in [-0.15, -0.1) is 6.58 Å². The van der Waals surface area contributed by atoms with E-state index < -0.39 is 80.6 Å². The molecule has 2 fully saturated rings. The lowest BCUT2D eigenvalue weighted by Crippen LogP contribution is -2.57. The minimum Gasteiger partial charge on any atom is -0.478 e. The van der Waals surface area contributed by atoms with Gasteiger partial charge in [0, 0.05) is 6.07 Å². The second-order valence-corrected chi connectivity index (χ2v) is 9.12. The molecule has 14 heteroatoms. The van der Waals surface area contributed by atoms with E-state index in [1.807, 2.05) is 0 Å². The Labute approximate surface area is 217 Å². The molecule has 2 heterocycles. The fourth-order valence-electron chi connectivity index (χ4n) is 4.36. The predicted molar refractivity (Wildman–Crippen MR) is 125 cm³/mol. The van der Waals surface area contributed by atoms with Gasteiger partial charge in [-0.3, -0.25) is 0 Å². The summed E-state index contributed by atoms with van der Waals surface area (Å²) in [4.78, 5) is 12.2. The summed E-state index contributed by atoms with van der Waals surface area (Å²) in [5.74, 6) is -4.27. The Morgan fingerprint density at radius 2 is 1.39 bits per heavy atom. The van der Waals surface area contributed by atoms with Crippen molar-refractivity contribution in [3.05, 3.63) is 35.9 Å². The molecule has 38 heavy (non-hydrogen) atoms. The monoisotopic (exact) mass is 546 g/mol. The highest BCUT2D eigenvalue weighted by atomic mass is 16.7. The van der Waals surface area contributed by atoms with E-state index in [1.165, 1.54) is 6.07 Å². The third-order valence-electron chi connectivity index (χ3n) is 6.55. The molecule has 214 valence electrons. The maximum absolute atomic E-state index is 12.2. The van der Waals surface area contributed by atoms with Crippen molar-refractivity contribution in [2.75, 3.05) is 13.2 Å². The van der Waals surface area contributed by atoms with Crippen LogP contribution in [0, 0.1) is 11.8 Å². The Hall–Kier alpha value is -2.37. The third kappa shape index (κ3) is 6.43. The molecule has 1 aromatic rings. The van der Waals surface area contributed by atoms with E-state index in [2.05, 4.69) is 6.58 Å². The van der Waals surface area contributed by atoms with Gasteiger partial charge in [-0.05, 0) is 30.9 Å². The van der Waals surface area contributed by atoms with Gasteiger partial charge in [-0.2, -0.15) is 0 Å². The van der Waals surface area contributed by atoms with Crippen molar-refractivity contribution in [2.45, 2.75) is 68.8 Å². The summed E-state index contributed by atoms with van der Waals surface area (Å²) in [5.41, 5.74) is -0.0857. The van der Waals surface area contributed by atoms with E-state index in [-0.39, 0.29) is 29.0 Å². The second-order valence-electron chi connectivity index (χ2n) is 9.12. The average Bonchev–Trinajstić information content (AvgIpc) is 2.86. The highest BCUT2D eigenvalue weighted by Gasteiger charge is 2.46. The maximum atomic E-state index is 12.2. The molecule has 0 saturated carbocycles. The van der Waals surface area contributed by atoms with E-state index in [4.69, 9.17) is 18.9 Å². The van der Waals surface area contributed by atoms with Gasteiger partial charge in [-0.25, -0.2) is 4.79 Å². The van der Waals surface area contributed by atoms with E-state index in [0.717, 1.165) is 6.07 Å². The molecule has 0 spiro atoms. The standard InChI is InChI=1S/C24H34O14/c1-2-3-4-5-10-6-11(35-23-12(8-25)16(27)18(29)21(33)37-23)7-14(15(10)20(31)32)36-24-13(9-26)17(28)19(30)22(34)38-24/h2,6-7,12-13,16-19,21-30,33-34H,1,3-5,8-9H2,(H,31,32)/t12-,13-,16-,17-,18+,19+,21+,22+,23?,24?/m1/s1. The van der Waals surface area contributed by atoms with Crippen molar-refractivity contribution in [2.24, 2.45) is 11.8 Å². The van der Waals surface area contributed by atoms with Crippen molar-refractivity contribution < 1.29 is 69.7 Å². The van der Waals surface area contributed by atoms with Crippen molar-refractivity contribution in [1.82, 2.24) is 0 Å². The summed E-state index contributed by atoms with van der Waals surface area (Å²) in [6, 6.07) is 2.48. The molecule has 9 N–H and O–H groups in total. The van der Waals surface area contributed by atoms with Gasteiger partial charge in [-0.1, -0.05) is 6.08 Å². The van der Waals surface area contributed by atoms with Crippen LogP contribution >= 0.6 is 0 Å². The number of hydrogen-bond donors (Lipinski definition) is 9. The van der Waals surface area contributed by atoms with Crippen LogP contribution < -0.4 is 9.47 Å². The number of allylic oxidation sites excluding steroid dienone is 1. The van der Waals surface area contributed by atoms with Crippen molar-refractivity contribution in [3.8, 4) is 11.5 Å². The Kier molecular flexibility index (Phi) is 10.4. The Morgan fingerprint density at radius 3 is 1.87 bits per heavy atom. The minimum atomic E-state index is -1.90. The van der Waals surface area contributed by atoms with Gasteiger partial charge in [0.1, 0.15) is 29.3 Å². The maximum Gasteiger partial charge on any atom is 0.339 e. The summed E-state index contributed by atoms with van der Waals surface area (Å²) in [6.07, 6.45) is -10.6. The molecule has 3 rings (SSSR count). The molecule has 0 amide bonds. The Balaban J connectivity index is 2.01. The van der Waals surface area contributed by atoms with Crippen LogP contribution in [0.3, 0.4) is 0 Å². The number of hydrogen-bond acceptors (Lipinski definition) is 13. The number of aliphatic hydroxyl groups excluding tert-OH is 8. The summed E-state index contributed by atoms with van der Waals surface area (Å²) in [6.45, 7) is 2.20. The molecule has 0 radical (unpaired) electrons. The van der Waals surface area contributed by atoms with Gasteiger partial charge in [0.2, 0.25) is 12.6 Å². The molecule has 2 unspecified atom stereocenters. The van der Waals surface area contributed by atoms with Crippen LogP contribution in [-0.2, 0) is 15.9 Å². The highest BCUT2D eigenvalue weighted by Crippen LogP contribution is 2.36. The molecule has 14 nitrogen and oxygen atoms in total. The van der Waals surface area contributed by atoms with E-state index in [9.17, 15) is 50.8 Å². The van der Waals surface area contributed by atoms with Crippen LogP contribution in [0.2, 0.25) is 0 Å². The van der Waals surface area contributed by atoms with E-state index in [0.29, 0.717) is 12.8 Å². The van der Waals surface area contributed by atoms with Gasteiger partial charge in [0.25, 0.3) is 0 Å². The van der Waals surface area contributed by atoms with Gasteiger partial charge >= 0.3 is 5.97 Å². The first-order chi connectivity index (χ1) is 18.0. The normalized spacial score (nSPS) is 35.5. The minimum absolute atomic E-state index is 0.0738.